The third-order valence-electron chi connectivity index (χ3n) is 1.74. The van der Waals surface area contributed by atoms with Crippen molar-refractivity contribution < 1.29 is 9.53 Å². The van der Waals surface area contributed by atoms with Gasteiger partial charge in [0.15, 0.2) is 5.60 Å². The Hall–Kier alpha value is -0.440. The number of carbonyl (C=O) groups is 1. The maximum atomic E-state index is 11.4. The molecule has 1 aliphatic rings. The van der Waals surface area contributed by atoms with Gasteiger partial charge in [-0.05, 0) is 30.6 Å². The molecule has 1 N–H and O–H groups in total. The normalized spacial score (nSPS) is 17.7. The zero-order chi connectivity index (χ0) is 10.8. The number of rotatable bonds is 1. The third kappa shape index (κ3) is 3.74. The molecule has 1 saturated carbocycles. The fourth-order valence-electron chi connectivity index (χ4n) is 0.961. The Morgan fingerprint density at radius 2 is 2.07 bits per heavy atom. The molecule has 78 valence electrons. The second-order valence-corrected chi connectivity index (χ2v) is 5.02. The largest absolute Gasteiger partial charge is 0.430 e. The molecule has 1 fully saturated rings. The zero-order valence-corrected chi connectivity index (χ0v) is 10.8. The lowest BCUT2D eigenvalue weighted by atomic mass is 10.1. The predicted octanol–water partition coefficient (Wildman–Crippen LogP) is 2.44. The van der Waals surface area contributed by atoms with Gasteiger partial charge >= 0.3 is 6.09 Å². The van der Waals surface area contributed by atoms with Crippen molar-refractivity contribution in [2.75, 3.05) is 0 Å². The van der Waals surface area contributed by atoms with E-state index in [1.165, 1.54) is 0 Å². The highest BCUT2D eigenvalue weighted by Crippen LogP contribution is 2.39. The minimum Gasteiger partial charge on any atom is -0.430 e. The third-order valence-corrected chi connectivity index (χ3v) is 2.01. The lowest BCUT2D eigenvalue weighted by Gasteiger charge is -2.21. The summed E-state index contributed by atoms with van der Waals surface area (Å²) in [6.45, 7) is 5.74. The van der Waals surface area contributed by atoms with E-state index in [0.717, 1.165) is 12.8 Å². The van der Waals surface area contributed by atoms with Crippen LogP contribution in [0, 0.1) is 9.85 Å². The van der Waals surface area contributed by atoms with Crippen molar-refractivity contribution in [3.8, 4) is 9.85 Å². The van der Waals surface area contributed by atoms with Crippen molar-refractivity contribution >= 4 is 28.7 Å². The van der Waals surface area contributed by atoms with E-state index in [-0.39, 0.29) is 11.6 Å². The second-order valence-electron chi connectivity index (χ2n) is 4.48. The van der Waals surface area contributed by atoms with Crippen molar-refractivity contribution in [3.05, 3.63) is 0 Å². The van der Waals surface area contributed by atoms with Gasteiger partial charge in [-0.2, -0.15) is 0 Å². The molecular formula is C10H14INO2. The van der Waals surface area contributed by atoms with E-state index in [9.17, 15) is 4.79 Å². The van der Waals surface area contributed by atoms with Crippen molar-refractivity contribution in [2.45, 2.75) is 44.8 Å². The van der Waals surface area contributed by atoms with E-state index in [1.807, 2.05) is 43.4 Å². The number of hydrogen-bond acceptors (Lipinski definition) is 2. The number of alkyl carbamates (subject to hydrolysis) is 1. The maximum absolute atomic E-state index is 11.4. The molecule has 0 unspecified atom stereocenters. The molecule has 0 aromatic carbocycles. The minimum absolute atomic E-state index is 0.259. The Balaban J connectivity index is 2.44. The van der Waals surface area contributed by atoms with Gasteiger partial charge in [0.25, 0.3) is 0 Å². The molecule has 0 bridgehead atoms. The summed E-state index contributed by atoms with van der Waals surface area (Å²) in [7, 11) is 0. The van der Waals surface area contributed by atoms with E-state index < -0.39 is 5.60 Å². The molecule has 0 radical (unpaired) electrons. The summed E-state index contributed by atoms with van der Waals surface area (Å²) in [5, 5.41) is 2.74. The molecule has 1 aliphatic carbocycles. The van der Waals surface area contributed by atoms with Crippen LogP contribution in [0.15, 0.2) is 0 Å². The zero-order valence-electron chi connectivity index (χ0n) is 8.61. The maximum Gasteiger partial charge on any atom is 0.409 e. The molecule has 3 nitrogen and oxygen atoms in total. The van der Waals surface area contributed by atoms with Crippen LogP contribution in [0.5, 0.6) is 0 Å². The van der Waals surface area contributed by atoms with Crippen LogP contribution in [-0.2, 0) is 4.74 Å². The van der Waals surface area contributed by atoms with Crippen LogP contribution >= 0.6 is 22.6 Å². The standard InChI is InChI=1S/C10H14INO2/c1-9(2,3)12-8(13)14-10(4-5-10)6-7-11/h4-5H2,1-3H3,(H,12,13). The van der Waals surface area contributed by atoms with Crippen LogP contribution in [-0.4, -0.2) is 17.2 Å². The van der Waals surface area contributed by atoms with Crippen molar-refractivity contribution in [1.29, 1.82) is 0 Å². The molecule has 0 aromatic rings. The molecule has 0 atom stereocenters. The Kier molecular flexibility index (Phi) is 3.30. The first-order valence-electron chi connectivity index (χ1n) is 4.51. The number of carbonyl (C=O) groups excluding carboxylic acids is 1. The molecular weight excluding hydrogens is 293 g/mol. The molecule has 1 amide bonds. The first-order valence-corrected chi connectivity index (χ1v) is 5.59. The molecule has 0 aliphatic heterocycles. The van der Waals surface area contributed by atoms with Crippen LogP contribution in [0.1, 0.15) is 33.6 Å². The number of nitrogens with one attached hydrogen (secondary N) is 1. The second kappa shape index (κ2) is 3.97. The quantitative estimate of drug-likeness (QED) is 0.597. The fraction of sp³-hybridized carbons (Fsp3) is 0.700. The highest BCUT2D eigenvalue weighted by Gasteiger charge is 2.46. The lowest BCUT2D eigenvalue weighted by Crippen LogP contribution is -2.42. The number of amides is 1. The summed E-state index contributed by atoms with van der Waals surface area (Å²) in [5.74, 6) is 2.90. The van der Waals surface area contributed by atoms with Crippen LogP contribution in [0.3, 0.4) is 0 Å². The highest BCUT2D eigenvalue weighted by atomic mass is 127. The minimum atomic E-state index is -0.490. The van der Waals surface area contributed by atoms with Gasteiger partial charge in [-0.1, -0.05) is 0 Å². The molecule has 4 heteroatoms. The van der Waals surface area contributed by atoms with E-state index in [0.29, 0.717) is 0 Å². The first-order chi connectivity index (χ1) is 6.37. The predicted molar refractivity (Wildman–Crippen MR) is 63.1 cm³/mol. The van der Waals surface area contributed by atoms with E-state index in [4.69, 9.17) is 4.74 Å². The highest BCUT2D eigenvalue weighted by molar-refractivity contribution is 14.1. The average Bonchev–Trinajstić information content (AvgIpc) is 2.64. The smallest absolute Gasteiger partial charge is 0.409 e. The summed E-state index contributed by atoms with van der Waals surface area (Å²) in [6, 6.07) is 0. The number of halogens is 1. The summed E-state index contributed by atoms with van der Waals surface area (Å²) in [5.41, 5.74) is -0.749. The van der Waals surface area contributed by atoms with Crippen LogP contribution < -0.4 is 5.32 Å². The van der Waals surface area contributed by atoms with Crippen LogP contribution in [0.4, 0.5) is 4.79 Å². The Labute approximate surface area is 98.1 Å². The van der Waals surface area contributed by atoms with Gasteiger partial charge in [0.05, 0.1) is 0 Å². The molecule has 1 rings (SSSR count). The summed E-state index contributed by atoms with van der Waals surface area (Å²) in [6.07, 6.45) is 1.32. The Morgan fingerprint density at radius 3 is 2.43 bits per heavy atom. The van der Waals surface area contributed by atoms with Crippen molar-refractivity contribution in [1.82, 2.24) is 5.32 Å². The van der Waals surface area contributed by atoms with Gasteiger partial charge in [-0.25, -0.2) is 4.79 Å². The van der Waals surface area contributed by atoms with Gasteiger partial charge in [0.1, 0.15) is 0 Å². The Bertz CT molecular complexity index is 291. The van der Waals surface area contributed by atoms with Crippen molar-refractivity contribution in [3.63, 3.8) is 0 Å². The SMILES string of the molecule is CC(C)(C)NC(=O)OC1(C#CI)CC1. The topological polar surface area (TPSA) is 38.3 Å². The molecule has 0 aromatic heterocycles. The summed E-state index contributed by atoms with van der Waals surface area (Å²) in [4.78, 5) is 11.4. The average molecular weight is 307 g/mol. The van der Waals surface area contributed by atoms with Crippen LogP contribution in [0.25, 0.3) is 0 Å². The monoisotopic (exact) mass is 307 g/mol. The summed E-state index contributed by atoms with van der Waals surface area (Å²) >= 11 is 1.95. The molecule has 14 heavy (non-hydrogen) atoms. The lowest BCUT2D eigenvalue weighted by molar-refractivity contribution is 0.105. The van der Waals surface area contributed by atoms with E-state index >= 15 is 0 Å². The van der Waals surface area contributed by atoms with Gasteiger partial charge in [-0.15, -0.1) is 0 Å². The van der Waals surface area contributed by atoms with E-state index in [2.05, 4.69) is 15.2 Å². The van der Waals surface area contributed by atoms with Gasteiger partial charge < -0.3 is 10.1 Å². The van der Waals surface area contributed by atoms with Gasteiger partial charge in [-0.3, -0.25) is 0 Å². The van der Waals surface area contributed by atoms with E-state index in [1.54, 1.807) is 0 Å². The molecule has 0 saturated heterocycles. The van der Waals surface area contributed by atoms with Crippen LogP contribution in [0.2, 0.25) is 0 Å². The van der Waals surface area contributed by atoms with Gasteiger partial charge in [0.2, 0.25) is 0 Å². The fourth-order valence-corrected chi connectivity index (χ4v) is 1.45. The summed E-state index contributed by atoms with van der Waals surface area (Å²) < 4.78 is 7.99. The van der Waals surface area contributed by atoms with Gasteiger partial charge in [0, 0.05) is 41.0 Å². The molecule has 0 heterocycles. The Morgan fingerprint density at radius 1 is 1.50 bits per heavy atom. The number of hydrogen-bond donors (Lipinski definition) is 1. The first kappa shape index (κ1) is 11.6. The number of ether oxygens (including phenoxy) is 1. The van der Waals surface area contributed by atoms with Crippen molar-refractivity contribution in [2.24, 2.45) is 0 Å². The molecule has 0 spiro atoms.